The minimum absolute atomic E-state index is 0.575. The molecule has 1 aliphatic rings. The Hall–Kier alpha value is 13.9. The van der Waals surface area contributed by atoms with E-state index in [9.17, 15) is 0 Å². The summed E-state index contributed by atoms with van der Waals surface area (Å²) < 4.78 is -16.6. The molecular formula is C15HBr29. The van der Waals surface area contributed by atoms with Crippen LogP contribution in [0.3, 0.4) is 0 Å². The van der Waals surface area contributed by atoms with E-state index in [-0.39, 0.29) is 0 Å². The Morgan fingerprint density at radius 3 is 0.386 bits per heavy atom. The Balaban J connectivity index is 4.70. The molecule has 0 aromatic rings. The van der Waals surface area contributed by atoms with Gasteiger partial charge in [-0.3, -0.25) is 0 Å². The summed E-state index contributed by atoms with van der Waals surface area (Å²) in [5, 5.41) is 0. The van der Waals surface area contributed by atoms with E-state index >= 15 is 0 Å². The Labute approximate surface area is 499 Å². The largest absolute Gasteiger partial charge is 0.135 e. The Kier molecular flexibility index (Phi) is 22.2. The molecule has 0 aliphatic heterocycles. The zero-order chi connectivity index (χ0) is 36.6. The molecule has 0 saturated heterocycles. The van der Waals surface area contributed by atoms with Gasteiger partial charge in [0.05, 0.1) is 4.83 Å². The first-order valence-corrected chi connectivity index (χ1v) is 32.5. The Bertz CT molecular complexity index is 1020. The number of rotatable bonds is 0. The second kappa shape index (κ2) is 17.5. The molecule has 29 heteroatoms. The molecule has 0 radical (unpaired) electrons. The van der Waals surface area contributed by atoms with E-state index in [2.05, 4.69) is 462 Å². The molecule has 0 heterocycles. The van der Waals surface area contributed by atoms with Gasteiger partial charge >= 0.3 is 0 Å². The average molecular weight is 2500 g/mol. The maximum absolute atomic E-state index is 3.99. The summed E-state index contributed by atoms with van der Waals surface area (Å²) in [6, 6.07) is 0. The first-order chi connectivity index (χ1) is 18.4. The van der Waals surface area contributed by atoms with E-state index in [1.54, 1.807) is 0 Å². The molecule has 1 fully saturated rings. The van der Waals surface area contributed by atoms with Crippen molar-refractivity contribution in [3.63, 3.8) is 0 Å². The van der Waals surface area contributed by atoms with Crippen LogP contribution in [0.4, 0.5) is 0 Å². The van der Waals surface area contributed by atoms with Gasteiger partial charge in [0.2, 0.25) is 0 Å². The smallest absolute Gasteiger partial charge is 0.0839 e. The molecule has 0 amide bonds. The molecular weight excluding hydrogens is 2500 g/mol. The van der Waals surface area contributed by atoms with Gasteiger partial charge in [-0.1, -0.05) is 462 Å². The van der Waals surface area contributed by atoms with Gasteiger partial charge in [-0.05, 0) is 0 Å². The fraction of sp³-hybridized carbons (Fsp3) is 1.00. The molecule has 0 unspecified atom stereocenters. The second-order valence-corrected chi connectivity index (χ2v) is 57.9. The van der Waals surface area contributed by atoms with Crippen molar-refractivity contribution >= 4 is 462 Å². The molecule has 1 saturated carbocycles. The lowest BCUT2D eigenvalue weighted by Crippen LogP contribution is -2.72. The molecule has 44 heavy (non-hydrogen) atoms. The van der Waals surface area contributed by atoms with Crippen molar-refractivity contribution in [1.29, 1.82) is 0 Å². The van der Waals surface area contributed by atoms with Gasteiger partial charge < -0.3 is 0 Å². The lowest BCUT2D eigenvalue weighted by atomic mass is 10.0. The third-order valence-electron chi connectivity index (χ3n) is 5.81. The topological polar surface area (TPSA) is 0 Å². The van der Waals surface area contributed by atoms with E-state index in [4.69, 9.17) is 0 Å². The predicted octanol–water partition coefficient (Wildman–Crippen LogP) is 21.6. The average Bonchev–Trinajstić information content (AvgIpc) is 2.80. The molecule has 0 N–H and O–H groups in total. The minimum Gasteiger partial charge on any atom is -0.0839 e. The molecule has 0 nitrogen and oxygen atoms in total. The van der Waals surface area contributed by atoms with Crippen LogP contribution in [-0.2, 0) is 0 Å². The van der Waals surface area contributed by atoms with Crippen LogP contribution < -0.4 is 0 Å². The van der Waals surface area contributed by atoms with Crippen molar-refractivity contribution in [3.05, 3.63) is 0 Å². The van der Waals surface area contributed by atoms with Crippen molar-refractivity contribution in [2.24, 2.45) is 0 Å². The van der Waals surface area contributed by atoms with Crippen molar-refractivity contribution in [3.8, 4) is 0 Å². The highest BCUT2D eigenvalue weighted by atomic mass is 80.0. The van der Waals surface area contributed by atoms with E-state index in [0.29, 0.717) is 0 Å². The lowest BCUT2D eigenvalue weighted by molar-refractivity contribution is 0.538. The van der Waals surface area contributed by atoms with E-state index in [0.717, 1.165) is 0 Å². The summed E-state index contributed by atoms with van der Waals surface area (Å²) in [4.78, 5) is -0.575. The van der Waals surface area contributed by atoms with Crippen LogP contribution in [0.2, 0.25) is 0 Å². The summed E-state index contributed by atoms with van der Waals surface area (Å²) in [5.41, 5.74) is 0. The highest BCUT2D eigenvalue weighted by Gasteiger charge is 2.84. The van der Waals surface area contributed by atoms with Gasteiger partial charge in [-0.2, -0.15) is 0 Å². The van der Waals surface area contributed by atoms with Crippen LogP contribution >= 0.6 is 462 Å². The summed E-state index contributed by atoms with van der Waals surface area (Å²) in [7, 11) is 0. The van der Waals surface area contributed by atoms with Crippen LogP contribution in [0.5, 0.6) is 0 Å². The lowest BCUT2D eigenvalue weighted by Gasteiger charge is -2.61. The molecule has 0 spiro atoms. The molecule has 0 aromatic carbocycles. The van der Waals surface area contributed by atoms with Crippen LogP contribution in [0, 0.1) is 0 Å². The first kappa shape index (κ1) is 55.9. The summed E-state index contributed by atoms with van der Waals surface area (Å²) in [6.45, 7) is 0. The van der Waals surface area contributed by atoms with Gasteiger partial charge in [0.15, 0.2) is 0 Å². The number of alkyl halides is 29. The highest BCUT2D eigenvalue weighted by Crippen LogP contribution is 2.83. The molecule has 0 bridgehead atoms. The number of hydrogen-bond donors (Lipinski definition) is 0. The summed E-state index contributed by atoms with van der Waals surface area (Å²) >= 11 is 116. The second-order valence-electron chi connectivity index (χ2n) is 8.50. The standard InChI is InChI=1S/C15HBr29/c16-1-2(17,18)4(21,22)6(25,26)8(29,30)10(33,34)12(37,38)14(41,42)15(43,44)13(39,40)11(35,36)9(31,32)7(27,28)5(23,24)3(1,19)20/h1H. The normalized spacial score (nSPS) is 33.8. The van der Waals surface area contributed by atoms with Crippen LogP contribution in [-0.4, -0.2) is 50.1 Å². The van der Waals surface area contributed by atoms with Gasteiger partial charge in [0.1, 0.15) is 45.3 Å². The van der Waals surface area contributed by atoms with Gasteiger partial charge in [-0.15, -0.1) is 0 Å². The first-order valence-electron chi connectivity index (χ1n) is 9.34. The van der Waals surface area contributed by atoms with Crippen molar-refractivity contribution in [2.45, 2.75) is 50.1 Å². The number of halogens is 29. The third kappa shape index (κ3) is 8.26. The Morgan fingerprint density at radius 2 is 0.273 bits per heavy atom. The highest BCUT2D eigenvalue weighted by molar-refractivity contribution is 9.39. The summed E-state index contributed by atoms with van der Waals surface area (Å²) in [5.74, 6) is 0. The monoisotopic (exact) mass is 2470 g/mol. The molecule has 0 aromatic heterocycles. The van der Waals surface area contributed by atoms with E-state index in [1.165, 1.54) is 0 Å². The van der Waals surface area contributed by atoms with Crippen molar-refractivity contribution in [1.82, 2.24) is 0 Å². The molecule has 264 valence electrons. The molecule has 0 atom stereocenters. The quantitative estimate of drug-likeness (QED) is 0.212. The molecule has 1 aliphatic carbocycles. The van der Waals surface area contributed by atoms with Gasteiger partial charge in [-0.25, -0.2) is 0 Å². The number of hydrogen-bond acceptors (Lipinski definition) is 0. The zero-order valence-corrected chi connectivity index (χ0v) is 64.5. The maximum atomic E-state index is 3.99. The van der Waals surface area contributed by atoms with Crippen molar-refractivity contribution < 1.29 is 0 Å². The SMILES string of the molecule is BrC1C(Br)(Br)C(Br)(Br)C(Br)(Br)C(Br)(Br)C(Br)(Br)C(Br)(Br)C(Br)(Br)C(Br)(Br)C(Br)(Br)C(Br)(Br)C(Br)(Br)C(Br)(Br)C(Br)(Br)C1(Br)Br. The van der Waals surface area contributed by atoms with Crippen molar-refractivity contribution in [2.75, 3.05) is 0 Å². The van der Waals surface area contributed by atoms with Gasteiger partial charge in [0, 0.05) is 0 Å². The fourth-order valence-corrected chi connectivity index (χ4v) is 35.5. The van der Waals surface area contributed by atoms with E-state index < -0.39 is 50.1 Å². The van der Waals surface area contributed by atoms with E-state index in [1.807, 2.05) is 0 Å². The summed E-state index contributed by atoms with van der Waals surface area (Å²) in [6.07, 6.45) is 0. The van der Waals surface area contributed by atoms with Crippen LogP contribution in [0.1, 0.15) is 0 Å². The molecule has 1 rings (SSSR count). The van der Waals surface area contributed by atoms with Crippen LogP contribution in [0.25, 0.3) is 0 Å². The Morgan fingerprint density at radius 1 is 0.182 bits per heavy atom. The fourth-order valence-electron chi connectivity index (χ4n) is 2.94. The van der Waals surface area contributed by atoms with Gasteiger partial charge in [0.25, 0.3) is 0 Å². The minimum atomic E-state index is -1.22. The maximum Gasteiger partial charge on any atom is 0.135 e. The predicted molar refractivity (Wildman–Crippen MR) is 301 cm³/mol. The van der Waals surface area contributed by atoms with Crippen LogP contribution in [0.15, 0.2) is 0 Å². The third-order valence-corrected chi connectivity index (χ3v) is 70.2. The zero-order valence-electron chi connectivity index (χ0n) is 18.5.